The van der Waals surface area contributed by atoms with Gasteiger partial charge in [-0.15, -0.1) is 0 Å². The second-order valence-electron chi connectivity index (χ2n) is 4.46. The molecule has 0 saturated carbocycles. The van der Waals surface area contributed by atoms with Crippen LogP contribution in [-0.2, 0) is 17.8 Å². The van der Waals surface area contributed by atoms with Crippen LogP contribution in [0.2, 0.25) is 5.15 Å². The Morgan fingerprint density at radius 2 is 2.05 bits per heavy atom. The maximum Gasteiger partial charge on any atom is 0.135 e. The van der Waals surface area contributed by atoms with Crippen LogP contribution >= 0.6 is 11.6 Å². The Bertz CT molecular complexity index is 575. The molecule has 0 amide bonds. The third-order valence-corrected chi connectivity index (χ3v) is 2.99. The van der Waals surface area contributed by atoms with Crippen molar-refractivity contribution in [2.24, 2.45) is 0 Å². The lowest BCUT2D eigenvalue weighted by molar-refractivity contribution is 0.185. The zero-order chi connectivity index (χ0) is 14.4. The average Bonchev–Trinajstić information content (AvgIpc) is 2.41. The van der Waals surface area contributed by atoms with Crippen LogP contribution in [0.1, 0.15) is 24.7 Å². The Kier molecular flexibility index (Phi) is 5.32. The summed E-state index contributed by atoms with van der Waals surface area (Å²) in [4.78, 5) is 8.69. The van der Waals surface area contributed by atoms with Gasteiger partial charge in [-0.2, -0.15) is 0 Å². The summed E-state index contributed by atoms with van der Waals surface area (Å²) < 4.78 is 5.19. The molecule has 0 fully saturated rings. The van der Waals surface area contributed by atoms with Crippen LogP contribution in [0.4, 0.5) is 11.5 Å². The molecular formula is C15H18ClN3O. The van der Waals surface area contributed by atoms with Crippen LogP contribution in [0, 0.1) is 0 Å². The van der Waals surface area contributed by atoms with Crippen molar-refractivity contribution in [1.82, 2.24) is 9.97 Å². The molecule has 1 aromatic heterocycles. The highest BCUT2D eigenvalue weighted by atomic mass is 35.5. The molecular weight excluding hydrogens is 274 g/mol. The van der Waals surface area contributed by atoms with Crippen LogP contribution in [0.25, 0.3) is 0 Å². The van der Waals surface area contributed by atoms with Crippen molar-refractivity contribution in [2.45, 2.75) is 26.4 Å². The number of benzene rings is 1. The van der Waals surface area contributed by atoms with Gasteiger partial charge in [0, 0.05) is 30.8 Å². The monoisotopic (exact) mass is 291 g/mol. The van der Waals surface area contributed by atoms with Crippen molar-refractivity contribution in [2.75, 3.05) is 12.4 Å². The SMILES string of the molecule is CCCc1nc(Cl)cc(Nc2ccccc2COC)n1. The number of hydrogen-bond donors (Lipinski definition) is 1. The molecule has 0 aliphatic carbocycles. The van der Waals surface area contributed by atoms with E-state index in [1.165, 1.54) is 0 Å². The van der Waals surface area contributed by atoms with E-state index in [2.05, 4.69) is 22.2 Å². The van der Waals surface area contributed by atoms with Crippen LogP contribution < -0.4 is 5.32 Å². The van der Waals surface area contributed by atoms with E-state index in [1.54, 1.807) is 13.2 Å². The number of anilines is 2. The first-order valence-electron chi connectivity index (χ1n) is 6.60. The fourth-order valence-corrected chi connectivity index (χ4v) is 2.13. The first-order chi connectivity index (χ1) is 9.72. The van der Waals surface area contributed by atoms with Gasteiger partial charge in [-0.25, -0.2) is 9.97 Å². The topological polar surface area (TPSA) is 47.0 Å². The number of para-hydroxylation sites is 1. The maximum absolute atomic E-state index is 6.04. The summed E-state index contributed by atoms with van der Waals surface area (Å²) in [6, 6.07) is 9.68. The molecule has 4 nitrogen and oxygen atoms in total. The summed E-state index contributed by atoms with van der Waals surface area (Å²) in [6.07, 6.45) is 1.80. The van der Waals surface area contributed by atoms with Crippen LogP contribution in [0.3, 0.4) is 0 Å². The Hall–Kier alpha value is -1.65. The van der Waals surface area contributed by atoms with E-state index in [0.717, 1.165) is 29.9 Å². The largest absolute Gasteiger partial charge is 0.380 e. The highest BCUT2D eigenvalue weighted by molar-refractivity contribution is 6.29. The lowest BCUT2D eigenvalue weighted by Crippen LogP contribution is -2.02. The fourth-order valence-electron chi connectivity index (χ4n) is 1.93. The first kappa shape index (κ1) is 14.8. The number of aryl methyl sites for hydroxylation is 1. The van der Waals surface area contributed by atoms with E-state index >= 15 is 0 Å². The summed E-state index contributed by atoms with van der Waals surface area (Å²) in [5.74, 6) is 1.46. The molecule has 2 aromatic rings. The predicted molar refractivity (Wildman–Crippen MR) is 81.5 cm³/mol. The second kappa shape index (κ2) is 7.22. The quantitative estimate of drug-likeness (QED) is 0.818. The van der Waals surface area contributed by atoms with Gasteiger partial charge in [0.05, 0.1) is 6.61 Å². The zero-order valence-electron chi connectivity index (χ0n) is 11.7. The van der Waals surface area contributed by atoms with Gasteiger partial charge in [0.1, 0.15) is 16.8 Å². The van der Waals surface area contributed by atoms with Gasteiger partial charge in [-0.05, 0) is 12.5 Å². The highest BCUT2D eigenvalue weighted by Gasteiger charge is 2.06. The summed E-state index contributed by atoms with van der Waals surface area (Å²) >= 11 is 6.04. The Morgan fingerprint density at radius 3 is 2.80 bits per heavy atom. The smallest absolute Gasteiger partial charge is 0.135 e. The first-order valence-corrected chi connectivity index (χ1v) is 6.98. The number of ether oxygens (including phenoxy) is 1. The van der Waals surface area contributed by atoms with E-state index in [-0.39, 0.29) is 0 Å². The summed E-state index contributed by atoms with van der Waals surface area (Å²) in [5, 5.41) is 3.74. The number of nitrogens with zero attached hydrogens (tertiary/aromatic N) is 2. The third kappa shape index (κ3) is 3.92. The molecule has 0 unspecified atom stereocenters. The number of methoxy groups -OCH3 is 1. The number of halogens is 1. The molecule has 1 heterocycles. The molecule has 0 spiro atoms. The van der Waals surface area contributed by atoms with E-state index < -0.39 is 0 Å². The normalized spacial score (nSPS) is 10.6. The molecule has 0 aliphatic rings. The van der Waals surface area contributed by atoms with Gasteiger partial charge >= 0.3 is 0 Å². The minimum absolute atomic E-state index is 0.454. The lowest BCUT2D eigenvalue weighted by atomic mass is 10.2. The van der Waals surface area contributed by atoms with Gasteiger partial charge in [0.2, 0.25) is 0 Å². The van der Waals surface area contributed by atoms with Crippen LogP contribution in [0.15, 0.2) is 30.3 Å². The molecule has 106 valence electrons. The maximum atomic E-state index is 6.04. The number of aromatic nitrogens is 2. The van der Waals surface area contributed by atoms with E-state index in [0.29, 0.717) is 17.6 Å². The van der Waals surface area contributed by atoms with Crippen LogP contribution in [0.5, 0.6) is 0 Å². The molecule has 1 N–H and O–H groups in total. The summed E-state index contributed by atoms with van der Waals surface area (Å²) in [6.45, 7) is 2.63. The number of nitrogens with one attached hydrogen (secondary N) is 1. The van der Waals surface area contributed by atoms with Crippen molar-refractivity contribution in [1.29, 1.82) is 0 Å². The van der Waals surface area contributed by atoms with Gasteiger partial charge in [-0.3, -0.25) is 0 Å². The molecule has 2 rings (SSSR count). The van der Waals surface area contributed by atoms with E-state index in [9.17, 15) is 0 Å². The highest BCUT2D eigenvalue weighted by Crippen LogP contribution is 2.22. The summed E-state index contributed by atoms with van der Waals surface area (Å²) in [5.41, 5.74) is 2.04. The van der Waals surface area contributed by atoms with Crippen LogP contribution in [-0.4, -0.2) is 17.1 Å². The minimum atomic E-state index is 0.454. The fraction of sp³-hybridized carbons (Fsp3) is 0.333. The predicted octanol–water partition coefficient (Wildman–Crippen LogP) is 3.97. The lowest BCUT2D eigenvalue weighted by Gasteiger charge is -2.11. The Morgan fingerprint density at radius 1 is 1.25 bits per heavy atom. The average molecular weight is 292 g/mol. The Balaban J connectivity index is 2.25. The molecule has 20 heavy (non-hydrogen) atoms. The van der Waals surface area contributed by atoms with Gasteiger partial charge < -0.3 is 10.1 Å². The number of hydrogen-bond acceptors (Lipinski definition) is 4. The van der Waals surface area contributed by atoms with Crippen molar-refractivity contribution in [3.05, 3.63) is 46.9 Å². The molecule has 0 radical (unpaired) electrons. The third-order valence-electron chi connectivity index (χ3n) is 2.79. The summed E-state index contributed by atoms with van der Waals surface area (Å²) in [7, 11) is 1.68. The molecule has 0 saturated heterocycles. The van der Waals surface area contributed by atoms with E-state index in [4.69, 9.17) is 16.3 Å². The van der Waals surface area contributed by atoms with Gasteiger partial charge in [0.25, 0.3) is 0 Å². The Labute approximate surface area is 124 Å². The molecule has 0 atom stereocenters. The second-order valence-corrected chi connectivity index (χ2v) is 4.84. The molecule has 1 aromatic carbocycles. The number of rotatable bonds is 6. The molecule has 0 bridgehead atoms. The van der Waals surface area contributed by atoms with Gasteiger partial charge in [0.15, 0.2) is 0 Å². The van der Waals surface area contributed by atoms with E-state index in [1.807, 2.05) is 24.3 Å². The van der Waals surface area contributed by atoms with Gasteiger partial charge in [-0.1, -0.05) is 36.7 Å². The minimum Gasteiger partial charge on any atom is -0.380 e. The van der Waals surface area contributed by atoms with Crippen molar-refractivity contribution in [3.8, 4) is 0 Å². The van der Waals surface area contributed by atoms with Crippen molar-refractivity contribution < 1.29 is 4.74 Å². The van der Waals surface area contributed by atoms with Crippen molar-refractivity contribution >= 4 is 23.1 Å². The zero-order valence-corrected chi connectivity index (χ0v) is 12.4. The van der Waals surface area contributed by atoms with Crippen molar-refractivity contribution in [3.63, 3.8) is 0 Å². The standard InChI is InChI=1S/C15H18ClN3O/c1-3-6-14-18-13(16)9-15(19-14)17-12-8-5-4-7-11(12)10-20-2/h4-5,7-9H,3,6,10H2,1-2H3,(H,17,18,19). The molecule has 5 heteroatoms. The molecule has 0 aliphatic heterocycles.